The van der Waals surface area contributed by atoms with E-state index in [-0.39, 0.29) is 18.9 Å². The summed E-state index contributed by atoms with van der Waals surface area (Å²) in [6, 6.07) is 15.1. The van der Waals surface area contributed by atoms with E-state index in [1.165, 1.54) is 12.1 Å². The second-order valence-corrected chi connectivity index (χ2v) is 6.89. The van der Waals surface area contributed by atoms with Gasteiger partial charge in [-0.05, 0) is 26.2 Å². The van der Waals surface area contributed by atoms with Crippen LogP contribution < -0.4 is 0 Å². The third-order valence-corrected chi connectivity index (χ3v) is 4.22. The number of carbonyl (C=O) groups excluding carboxylic acids is 2. The second-order valence-electron chi connectivity index (χ2n) is 6.89. The molecule has 0 saturated carbocycles. The number of nitrogens with zero attached hydrogens (tertiary/aromatic N) is 1. The van der Waals surface area contributed by atoms with Gasteiger partial charge in [-0.15, -0.1) is 0 Å². The Kier molecular flexibility index (Phi) is 6.85. The maximum atomic E-state index is 12.4. The zero-order chi connectivity index (χ0) is 20.0. The maximum Gasteiger partial charge on any atom is 0.338 e. The molecule has 0 aliphatic carbocycles. The molecule has 2 N–H and O–H groups in total. The van der Waals surface area contributed by atoms with Gasteiger partial charge in [0.25, 0.3) is 0 Å². The van der Waals surface area contributed by atoms with Crippen LogP contribution in [0.3, 0.4) is 0 Å². The van der Waals surface area contributed by atoms with Gasteiger partial charge in [-0.3, -0.25) is 4.79 Å². The number of esters is 1. The van der Waals surface area contributed by atoms with Crippen LogP contribution in [0.4, 0.5) is 0 Å². The van der Waals surface area contributed by atoms with Crippen LogP contribution in [-0.2, 0) is 4.74 Å². The van der Waals surface area contributed by atoms with Crippen LogP contribution in [0.2, 0.25) is 0 Å². The lowest BCUT2D eigenvalue weighted by Gasteiger charge is -2.30. The lowest BCUT2D eigenvalue weighted by molar-refractivity contribution is -0.210. The molecule has 0 aromatic heterocycles. The van der Waals surface area contributed by atoms with Gasteiger partial charge in [0.2, 0.25) is 0 Å². The van der Waals surface area contributed by atoms with E-state index < -0.39 is 17.7 Å². The minimum atomic E-state index is -1.96. The van der Waals surface area contributed by atoms with Gasteiger partial charge in [0.15, 0.2) is 11.6 Å². The van der Waals surface area contributed by atoms with Crippen molar-refractivity contribution in [2.45, 2.75) is 12.7 Å². The van der Waals surface area contributed by atoms with E-state index in [0.717, 1.165) is 0 Å². The van der Waals surface area contributed by atoms with E-state index in [1.54, 1.807) is 62.3 Å². The van der Waals surface area contributed by atoms with Crippen molar-refractivity contribution in [1.29, 1.82) is 0 Å². The van der Waals surface area contributed by atoms with Crippen molar-refractivity contribution in [2.24, 2.45) is 5.92 Å². The number of carbonyl (C=O) groups is 2. The fourth-order valence-corrected chi connectivity index (χ4v) is 2.55. The molecule has 0 spiro atoms. The Labute approximate surface area is 159 Å². The molecule has 0 aliphatic heterocycles. The predicted octanol–water partition coefficient (Wildman–Crippen LogP) is 1.95. The summed E-state index contributed by atoms with van der Waals surface area (Å²) >= 11 is 0. The molecule has 6 heteroatoms. The minimum absolute atomic E-state index is 0.0298. The number of hydrogen-bond donors (Lipinski definition) is 2. The smallest absolute Gasteiger partial charge is 0.338 e. The van der Waals surface area contributed by atoms with Gasteiger partial charge < -0.3 is 19.8 Å². The highest BCUT2D eigenvalue weighted by molar-refractivity contribution is 6.09. The molecule has 0 bridgehead atoms. The van der Waals surface area contributed by atoms with Crippen molar-refractivity contribution in [2.75, 3.05) is 27.2 Å². The molecule has 144 valence electrons. The van der Waals surface area contributed by atoms with Crippen LogP contribution in [0.5, 0.6) is 0 Å². The summed E-state index contributed by atoms with van der Waals surface area (Å²) in [5.74, 6) is -3.34. The lowest BCUT2D eigenvalue weighted by atomic mass is 10.0. The first kappa shape index (κ1) is 20.8. The Bertz CT molecular complexity index is 769. The van der Waals surface area contributed by atoms with Gasteiger partial charge in [0.05, 0.1) is 18.7 Å². The normalized spacial score (nSPS) is 12.7. The van der Waals surface area contributed by atoms with Gasteiger partial charge in [-0.25, -0.2) is 4.79 Å². The van der Waals surface area contributed by atoms with Crippen LogP contribution in [0.15, 0.2) is 54.6 Å². The SMILES string of the molecule is CC(COC(=O)c1ccc(C(=O)c2ccccc2)cc1)C(O)(O)CN(C)C. The van der Waals surface area contributed by atoms with E-state index in [1.807, 2.05) is 6.07 Å². The van der Waals surface area contributed by atoms with Crippen LogP contribution in [-0.4, -0.2) is 59.9 Å². The molecule has 2 aromatic rings. The van der Waals surface area contributed by atoms with Gasteiger partial charge in [-0.2, -0.15) is 0 Å². The van der Waals surface area contributed by atoms with Gasteiger partial charge in [-0.1, -0.05) is 49.4 Å². The van der Waals surface area contributed by atoms with Crippen LogP contribution in [0.25, 0.3) is 0 Å². The molecule has 27 heavy (non-hydrogen) atoms. The van der Waals surface area contributed by atoms with Crippen molar-refractivity contribution >= 4 is 11.8 Å². The first-order chi connectivity index (χ1) is 12.7. The molecule has 0 heterocycles. The van der Waals surface area contributed by atoms with Crippen molar-refractivity contribution in [3.63, 3.8) is 0 Å². The molecular formula is C21H25NO5. The van der Waals surface area contributed by atoms with Crippen molar-refractivity contribution in [1.82, 2.24) is 4.90 Å². The number of ketones is 1. The van der Waals surface area contributed by atoms with E-state index in [2.05, 4.69) is 0 Å². The van der Waals surface area contributed by atoms with Crippen LogP contribution in [0.1, 0.15) is 33.2 Å². The molecule has 1 atom stereocenters. The number of hydrogen-bond acceptors (Lipinski definition) is 6. The molecule has 0 saturated heterocycles. The van der Waals surface area contributed by atoms with E-state index in [0.29, 0.717) is 16.7 Å². The highest BCUT2D eigenvalue weighted by Crippen LogP contribution is 2.17. The number of benzene rings is 2. The van der Waals surface area contributed by atoms with Crippen LogP contribution in [0, 0.1) is 5.92 Å². The Morgan fingerprint density at radius 3 is 2.04 bits per heavy atom. The van der Waals surface area contributed by atoms with E-state index in [4.69, 9.17) is 4.74 Å². The summed E-state index contributed by atoms with van der Waals surface area (Å²) < 4.78 is 5.18. The van der Waals surface area contributed by atoms with Crippen molar-refractivity contribution in [3.8, 4) is 0 Å². The quantitative estimate of drug-likeness (QED) is 0.419. The van der Waals surface area contributed by atoms with E-state index >= 15 is 0 Å². The summed E-state index contributed by atoms with van der Waals surface area (Å²) in [4.78, 5) is 26.2. The Balaban J connectivity index is 1.97. The summed E-state index contributed by atoms with van der Waals surface area (Å²) in [7, 11) is 3.44. The second kappa shape index (κ2) is 8.90. The minimum Gasteiger partial charge on any atom is -0.462 e. The lowest BCUT2D eigenvalue weighted by Crippen LogP contribution is -2.47. The van der Waals surface area contributed by atoms with Gasteiger partial charge in [0.1, 0.15) is 0 Å². The molecule has 0 radical (unpaired) electrons. The first-order valence-electron chi connectivity index (χ1n) is 8.67. The Morgan fingerprint density at radius 2 is 1.48 bits per heavy atom. The highest BCUT2D eigenvalue weighted by atomic mass is 16.5. The predicted molar refractivity (Wildman–Crippen MR) is 101 cm³/mol. The topological polar surface area (TPSA) is 87.1 Å². The van der Waals surface area contributed by atoms with Crippen molar-refractivity contribution in [3.05, 3.63) is 71.3 Å². The summed E-state index contributed by atoms with van der Waals surface area (Å²) in [6.45, 7) is 1.49. The summed E-state index contributed by atoms with van der Waals surface area (Å²) in [6.07, 6.45) is 0. The molecule has 6 nitrogen and oxygen atoms in total. The fourth-order valence-electron chi connectivity index (χ4n) is 2.55. The van der Waals surface area contributed by atoms with Gasteiger partial charge in [0, 0.05) is 17.0 Å². The number of aliphatic hydroxyl groups is 2. The Hall–Kier alpha value is -2.54. The average molecular weight is 371 g/mol. The maximum absolute atomic E-state index is 12.4. The third kappa shape index (κ3) is 5.72. The fraction of sp³-hybridized carbons (Fsp3) is 0.333. The average Bonchev–Trinajstić information content (AvgIpc) is 2.65. The summed E-state index contributed by atoms with van der Waals surface area (Å²) in [5.41, 5.74) is 1.34. The molecular weight excluding hydrogens is 346 g/mol. The molecule has 0 amide bonds. The van der Waals surface area contributed by atoms with Crippen LogP contribution >= 0.6 is 0 Å². The molecule has 0 fully saturated rings. The zero-order valence-electron chi connectivity index (χ0n) is 15.8. The third-order valence-electron chi connectivity index (χ3n) is 4.22. The zero-order valence-corrected chi connectivity index (χ0v) is 15.8. The highest BCUT2D eigenvalue weighted by Gasteiger charge is 2.32. The molecule has 2 aromatic carbocycles. The number of likely N-dealkylation sites (N-methyl/N-ethyl adjacent to an activating group) is 1. The molecule has 1 unspecified atom stereocenters. The van der Waals surface area contributed by atoms with E-state index in [9.17, 15) is 19.8 Å². The standard InChI is InChI=1S/C21H25NO5/c1-15(21(25,26)14-22(2)3)13-27-20(24)18-11-9-17(10-12-18)19(23)16-7-5-4-6-8-16/h4-12,15,25-26H,13-14H2,1-3H3. The largest absolute Gasteiger partial charge is 0.462 e. The van der Waals surface area contributed by atoms with Gasteiger partial charge >= 0.3 is 5.97 Å². The number of rotatable bonds is 8. The monoisotopic (exact) mass is 371 g/mol. The Morgan fingerprint density at radius 1 is 0.963 bits per heavy atom. The first-order valence-corrected chi connectivity index (χ1v) is 8.67. The summed E-state index contributed by atoms with van der Waals surface area (Å²) in [5, 5.41) is 20.1. The molecule has 2 rings (SSSR count). The van der Waals surface area contributed by atoms with Crippen molar-refractivity contribution < 1.29 is 24.5 Å². The molecule has 0 aliphatic rings. The number of ether oxygens (including phenoxy) is 1.